The number of hydrogen-bond donors (Lipinski definition) is 0. The Hall–Kier alpha value is -0.265. The monoisotopic (exact) mass is 152 g/mol. The molecule has 0 aliphatic heterocycles. The Morgan fingerprint density at radius 1 is 1.09 bits per heavy atom. The second-order valence-corrected chi connectivity index (χ2v) is 3.86. The number of rotatable bonds is 1. The first-order valence-corrected chi connectivity index (χ1v) is 4.78. The molecule has 1 saturated carbocycles. The molecule has 0 bridgehead atoms. The third-order valence-electron chi connectivity index (χ3n) is 2.74. The lowest BCUT2D eigenvalue weighted by atomic mass is 9.76. The second-order valence-electron chi connectivity index (χ2n) is 3.86. The highest BCUT2D eigenvalue weighted by Crippen LogP contribution is 2.26. The van der Waals surface area contributed by atoms with Crippen LogP contribution in [-0.4, -0.2) is 14.1 Å². The lowest BCUT2D eigenvalue weighted by molar-refractivity contribution is -0.111. The molecule has 62 valence electrons. The van der Waals surface area contributed by atoms with Gasteiger partial charge in [-0.25, -0.2) is 0 Å². The molecule has 0 unspecified atom stereocenters. The Bertz CT molecular complexity index is 115. The van der Waals surface area contributed by atoms with E-state index >= 15 is 0 Å². The molecular weight excluding hydrogens is 135 g/mol. The molecule has 1 aliphatic carbocycles. The molecular formula is C9H17BO. The van der Waals surface area contributed by atoms with Gasteiger partial charge in [-0.3, -0.25) is 0 Å². The second kappa shape index (κ2) is 4.58. The molecule has 1 aliphatic rings. The van der Waals surface area contributed by atoms with Gasteiger partial charge in [0.05, 0.1) is 0 Å². The summed E-state index contributed by atoms with van der Waals surface area (Å²) in [6.07, 6.45) is 8.57. The Labute approximate surface area is 70.0 Å². The summed E-state index contributed by atoms with van der Waals surface area (Å²) in [6.45, 7) is 0. The van der Waals surface area contributed by atoms with Crippen LogP contribution in [0, 0.1) is 5.92 Å². The van der Waals surface area contributed by atoms with Gasteiger partial charge in [-0.2, -0.15) is 0 Å². The predicted molar refractivity (Wildman–Crippen MR) is 49.6 cm³/mol. The summed E-state index contributed by atoms with van der Waals surface area (Å²) in [6, 6.07) is 0. The summed E-state index contributed by atoms with van der Waals surface area (Å²) in [5.74, 6) is 1.27. The van der Waals surface area contributed by atoms with Gasteiger partial charge in [0.15, 0.2) is 0 Å². The van der Waals surface area contributed by atoms with E-state index < -0.39 is 0 Å². The zero-order valence-corrected chi connectivity index (χ0v) is 7.38. The SMILES string of the molecule is BC1CCCC(C=O)CCC1. The third-order valence-corrected chi connectivity index (χ3v) is 2.74. The summed E-state index contributed by atoms with van der Waals surface area (Å²) < 4.78 is 0. The quantitative estimate of drug-likeness (QED) is 0.411. The van der Waals surface area contributed by atoms with Crippen LogP contribution in [0.3, 0.4) is 0 Å². The fourth-order valence-electron chi connectivity index (χ4n) is 1.88. The summed E-state index contributed by atoms with van der Waals surface area (Å²) in [5.41, 5.74) is 0. The third kappa shape index (κ3) is 3.09. The number of carbonyl (C=O) groups is 1. The molecule has 0 heterocycles. The highest BCUT2D eigenvalue weighted by atomic mass is 16.1. The first kappa shape index (κ1) is 8.83. The van der Waals surface area contributed by atoms with Crippen molar-refractivity contribution in [2.24, 2.45) is 5.92 Å². The van der Waals surface area contributed by atoms with Crippen molar-refractivity contribution in [3.05, 3.63) is 0 Å². The van der Waals surface area contributed by atoms with E-state index in [0.717, 1.165) is 24.9 Å². The largest absolute Gasteiger partial charge is 0.303 e. The summed E-state index contributed by atoms with van der Waals surface area (Å²) >= 11 is 0. The van der Waals surface area contributed by atoms with Crippen LogP contribution >= 0.6 is 0 Å². The van der Waals surface area contributed by atoms with Gasteiger partial charge in [-0.15, -0.1) is 0 Å². The van der Waals surface area contributed by atoms with Gasteiger partial charge >= 0.3 is 0 Å². The lowest BCUT2D eigenvalue weighted by Crippen LogP contribution is -2.07. The van der Waals surface area contributed by atoms with E-state index in [1.54, 1.807) is 0 Å². The van der Waals surface area contributed by atoms with Crippen LogP contribution in [0.1, 0.15) is 38.5 Å². The van der Waals surface area contributed by atoms with Gasteiger partial charge in [0.1, 0.15) is 14.1 Å². The van der Waals surface area contributed by atoms with Crippen LogP contribution in [-0.2, 0) is 4.79 Å². The van der Waals surface area contributed by atoms with Crippen LogP contribution in [0.2, 0.25) is 5.82 Å². The summed E-state index contributed by atoms with van der Waals surface area (Å²) in [4.78, 5) is 10.5. The molecule has 0 N–H and O–H groups in total. The zero-order chi connectivity index (χ0) is 8.10. The zero-order valence-electron chi connectivity index (χ0n) is 7.38. The van der Waals surface area contributed by atoms with Crippen LogP contribution in [0.15, 0.2) is 0 Å². The van der Waals surface area contributed by atoms with Gasteiger partial charge in [-0.05, 0) is 12.8 Å². The molecule has 0 aromatic heterocycles. The first-order chi connectivity index (χ1) is 5.33. The average molecular weight is 152 g/mol. The van der Waals surface area contributed by atoms with Gasteiger partial charge in [-0.1, -0.05) is 31.5 Å². The normalized spacial score (nSPS) is 33.8. The van der Waals surface area contributed by atoms with E-state index in [9.17, 15) is 4.79 Å². The maximum absolute atomic E-state index is 10.5. The summed E-state index contributed by atoms with van der Waals surface area (Å²) in [7, 11) is 2.32. The molecule has 1 rings (SSSR count). The molecule has 11 heavy (non-hydrogen) atoms. The van der Waals surface area contributed by atoms with Crippen molar-refractivity contribution in [3.63, 3.8) is 0 Å². The van der Waals surface area contributed by atoms with E-state index in [0.29, 0.717) is 5.92 Å². The molecule has 1 fully saturated rings. The maximum Gasteiger partial charge on any atom is 0.123 e. The Kier molecular flexibility index (Phi) is 3.68. The van der Waals surface area contributed by atoms with Crippen molar-refractivity contribution in [3.8, 4) is 0 Å². The number of hydrogen-bond acceptors (Lipinski definition) is 1. The van der Waals surface area contributed by atoms with E-state index in [1.807, 2.05) is 0 Å². The molecule has 0 amide bonds. The van der Waals surface area contributed by atoms with E-state index in [4.69, 9.17) is 0 Å². The number of aldehydes is 1. The van der Waals surface area contributed by atoms with Gasteiger partial charge in [0.2, 0.25) is 0 Å². The van der Waals surface area contributed by atoms with Crippen molar-refractivity contribution in [2.45, 2.75) is 44.3 Å². The standard InChI is InChI=1S/C9H17BO/c10-9-5-1-3-8(7-11)4-2-6-9/h7-9H,1-6,10H2. The fourth-order valence-corrected chi connectivity index (χ4v) is 1.88. The van der Waals surface area contributed by atoms with E-state index in [2.05, 4.69) is 7.85 Å². The minimum atomic E-state index is 0.377. The van der Waals surface area contributed by atoms with Gasteiger partial charge in [0.25, 0.3) is 0 Å². The van der Waals surface area contributed by atoms with Crippen molar-refractivity contribution in [1.29, 1.82) is 0 Å². The van der Waals surface area contributed by atoms with Crippen LogP contribution in [0.25, 0.3) is 0 Å². The predicted octanol–water partition coefficient (Wildman–Crippen LogP) is 1.58. The van der Waals surface area contributed by atoms with Crippen molar-refractivity contribution in [1.82, 2.24) is 0 Å². The smallest absolute Gasteiger partial charge is 0.123 e. The highest BCUT2D eigenvalue weighted by Gasteiger charge is 2.12. The summed E-state index contributed by atoms with van der Waals surface area (Å²) in [5, 5.41) is 0. The van der Waals surface area contributed by atoms with Crippen LogP contribution in [0.5, 0.6) is 0 Å². The fraction of sp³-hybridized carbons (Fsp3) is 0.889. The van der Waals surface area contributed by atoms with Gasteiger partial charge < -0.3 is 4.79 Å². The average Bonchev–Trinajstić information content (AvgIpc) is 1.96. The van der Waals surface area contributed by atoms with Crippen molar-refractivity contribution >= 4 is 14.1 Å². The van der Waals surface area contributed by atoms with E-state index in [1.165, 1.54) is 25.7 Å². The Morgan fingerprint density at radius 3 is 2.09 bits per heavy atom. The molecule has 0 atom stereocenters. The van der Waals surface area contributed by atoms with Gasteiger partial charge in [0, 0.05) is 5.92 Å². The molecule has 0 saturated heterocycles. The minimum Gasteiger partial charge on any atom is -0.303 e. The molecule has 0 radical (unpaired) electrons. The Balaban J connectivity index is 2.28. The molecule has 0 aromatic carbocycles. The molecule has 1 nitrogen and oxygen atoms in total. The Morgan fingerprint density at radius 2 is 1.64 bits per heavy atom. The van der Waals surface area contributed by atoms with E-state index in [-0.39, 0.29) is 0 Å². The topological polar surface area (TPSA) is 17.1 Å². The van der Waals surface area contributed by atoms with Crippen LogP contribution in [0.4, 0.5) is 0 Å². The lowest BCUT2D eigenvalue weighted by Gasteiger charge is -2.18. The molecule has 0 spiro atoms. The first-order valence-electron chi connectivity index (χ1n) is 4.78. The molecule has 2 heteroatoms. The van der Waals surface area contributed by atoms with Crippen LogP contribution < -0.4 is 0 Å². The minimum absolute atomic E-state index is 0.377. The van der Waals surface area contributed by atoms with Crippen molar-refractivity contribution in [2.75, 3.05) is 0 Å². The molecule has 0 aromatic rings. The highest BCUT2D eigenvalue weighted by molar-refractivity contribution is 6.11. The maximum atomic E-state index is 10.5. The number of carbonyl (C=O) groups excluding carboxylic acids is 1. The van der Waals surface area contributed by atoms with Crippen molar-refractivity contribution < 1.29 is 4.79 Å².